The van der Waals surface area contributed by atoms with Crippen molar-refractivity contribution < 1.29 is 19.1 Å². The fourth-order valence-corrected chi connectivity index (χ4v) is 4.70. The zero-order valence-corrected chi connectivity index (χ0v) is 25.1. The molecule has 0 aliphatic carbocycles. The van der Waals surface area contributed by atoms with Crippen LogP contribution in [0.1, 0.15) is 69.3 Å². The zero-order valence-electron chi connectivity index (χ0n) is 24.4. The summed E-state index contributed by atoms with van der Waals surface area (Å²) >= 11 is 6.42. The molecule has 8 heteroatoms. The van der Waals surface area contributed by atoms with Crippen molar-refractivity contribution in [3.63, 3.8) is 0 Å². The van der Waals surface area contributed by atoms with Gasteiger partial charge in [0.25, 0.3) is 5.91 Å². The molecule has 0 aromatic heterocycles. The number of halogens is 1. The molecule has 2 aromatic carbocycles. The van der Waals surface area contributed by atoms with Gasteiger partial charge in [0.05, 0.1) is 10.7 Å². The molecule has 0 aliphatic heterocycles. The normalized spacial score (nSPS) is 12.9. The van der Waals surface area contributed by atoms with Gasteiger partial charge in [-0.25, -0.2) is 4.79 Å². The second-order valence-electron chi connectivity index (χ2n) is 11.4. The molecule has 0 radical (unpaired) electrons. The van der Waals surface area contributed by atoms with E-state index in [0.29, 0.717) is 22.7 Å². The van der Waals surface area contributed by atoms with E-state index in [1.165, 1.54) is 4.90 Å². The Morgan fingerprint density at radius 3 is 2.21 bits per heavy atom. The van der Waals surface area contributed by atoms with Gasteiger partial charge in [0.2, 0.25) is 5.91 Å². The van der Waals surface area contributed by atoms with Crippen LogP contribution >= 0.6 is 11.6 Å². The van der Waals surface area contributed by atoms with Gasteiger partial charge in [0.1, 0.15) is 17.7 Å². The molecule has 212 valence electrons. The molecule has 0 bridgehead atoms. The summed E-state index contributed by atoms with van der Waals surface area (Å²) in [4.78, 5) is 42.3. The van der Waals surface area contributed by atoms with Crippen LogP contribution in [0.15, 0.2) is 49.1 Å². The van der Waals surface area contributed by atoms with Crippen LogP contribution in [0.5, 0.6) is 0 Å². The number of nitrogens with one attached hydrogen (secondary N) is 2. The van der Waals surface area contributed by atoms with Gasteiger partial charge in [-0.1, -0.05) is 73.0 Å². The van der Waals surface area contributed by atoms with Crippen LogP contribution in [-0.2, 0) is 14.3 Å². The minimum absolute atomic E-state index is 0.0794. The molecular weight excluding hydrogens is 514 g/mol. The summed E-state index contributed by atoms with van der Waals surface area (Å²) in [7, 11) is 0. The Hall–Kier alpha value is -3.32. The Labute approximate surface area is 237 Å². The van der Waals surface area contributed by atoms with Gasteiger partial charge >= 0.3 is 6.09 Å². The van der Waals surface area contributed by atoms with E-state index in [4.69, 9.17) is 16.3 Å². The number of hydrogen-bond acceptors (Lipinski definition) is 4. The van der Waals surface area contributed by atoms with Gasteiger partial charge in [-0.05, 0) is 71.1 Å². The van der Waals surface area contributed by atoms with Crippen molar-refractivity contribution in [2.75, 3.05) is 11.9 Å². The highest BCUT2D eigenvalue weighted by Gasteiger charge is 2.36. The lowest BCUT2D eigenvalue weighted by atomic mass is 9.96. The van der Waals surface area contributed by atoms with Crippen LogP contribution in [-0.4, -0.2) is 41.0 Å². The maximum atomic E-state index is 14.1. The first-order chi connectivity index (χ1) is 18.1. The first kappa shape index (κ1) is 31.9. The van der Waals surface area contributed by atoms with E-state index >= 15 is 0 Å². The van der Waals surface area contributed by atoms with Crippen molar-refractivity contribution in [3.05, 3.63) is 76.3 Å². The number of anilines is 1. The van der Waals surface area contributed by atoms with Gasteiger partial charge in [0, 0.05) is 6.54 Å². The zero-order chi connectivity index (χ0) is 29.5. The molecule has 2 unspecified atom stereocenters. The van der Waals surface area contributed by atoms with Gasteiger partial charge in [0.15, 0.2) is 0 Å². The van der Waals surface area contributed by atoms with Crippen molar-refractivity contribution >= 4 is 35.2 Å². The lowest BCUT2D eigenvalue weighted by molar-refractivity contribution is -0.140. The van der Waals surface area contributed by atoms with Crippen molar-refractivity contribution in [2.24, 2.45) is 5.92 Å². The van der Waals surface area contributed by atoms with Gasteiger partial charge < -0.3 is 20.3 Å². The number of benzene rings is 2. The van der Waals surface area contributed by atoms with E-state index in [-0.39, 0.29) is 12.5 Å². The van der Waals surface area contributed by atoms with Crippen molar-refractivity contribution in [2.45, 2.75) is 79.5 Å². The molecular formula is C31H42ClN3O4. The predicted molar refractivity (Wildman–Crippen MR) is 158 cm³/mol. The molecule has 2 N–H and O–H groups in total. The average Bonchev–Trinajstić information content (AvgIpc) is 2.78. The second-order valence-corrected chi connectivity index (χ2v) is 11.8. The quantitative estimate of drug-likeness (QED) is 0.312. The third-order valence-corrected chi connectivity index (χ3v) is 6.21. The summed E-state index contributed by atoms with van der Waals surface area (Å²) < 4.78 is 5.43. The first-order valence-corrected chi connectivity index (χ1v) is 13.6. The summed E-state index contributed by atoms with van der Waals surface area (Å²) in [6.07, 6.45) is 1.23. The third-order valence-electron chi connectivity index (χ3n) is 5.89. The van der Waals surface area contributed by atoms with Crippen LogP contribution in [0.25, 0.3) is 0 Å². The fourth-order valence-electron chi connectivity index (χ4n) is 4.43. The summed E-state index contributed by atoms with van der Waals surface area (Å²) in [5, 5.41) is 6.09. The summed E-state index contributed by atoms with van der Waals surface area (Å²) in [5.41, 5.74) is 3.09. The number of aryl methyl sites for hydroxylation is 3. The van der Waals surface area contributed by atoms with Crippen molar-refractivity contribution in [1.29, 1.82) is 0 Å². The molecule has 2 atom stereocenters. The lowest BCUT2D eigenvalue weighted by Crippen LogP contribution is -2.52. The number of nitrogens with zero attached hydrogens (tertiary/aromatic N) is 1. The molecule has 3 amide bonds. The molecule has 0 aliphatic rings. The molecule has 2 aromatic rings. The molecule has 7 nitrogen and oxygen atoms in total. The molecule has 0 spiro atoms. The van der Waals surface area contributed by atoms with Crippen LogP contribution in [0.4, 0.5) is 10.5 Å². The standard InChI is InChI=1S/C31H42ClN3O4/c1-10-14-35(29(37)25(15-19(2)3)33-30(38)39-31(7,8)9)27(23-17-20(4)16-21(5)18-23)28(36)34-26-22(6)12-11-13-24(26)32/h10-13,16-19,25,27H,1,14-15H2,2-9H3,(H,33,38)(H,34,36). The van der Waals surface area contributed by atoms with Gasteiger partial charge in [-0.2, -0.15) is 0 Å². The van der Waals surface area contributed by atoms with Crippen LogP contribution in [0, 0.1) is 26.7 Å². The number of alkyl carbamates (subject to hydrolysis) is 1. The van der Waals surface area contributed by atoms with E-state index in [1.54, 1.807) is 39.0 Å². The molecule has 0 fully saturated rings. The highest BCUT2D eigenvalue weighted by Crippen LogP contribution is 2.30. The fraction of sp³-hybridized carbons (Fsp3) is 0.452. The number of rotatable bonds is 10. The van der Waals surface area contributed by atoms with E-state index in [0.717, 1.165) is 16.7 Å². The Balaban J connectivity index is 2.60. The van der Waals surface area contributed by atoms with E-state index in [2.05, 4.69) is 17.2 Å². The van der Waals surface area contributed by atoms with E-state index in [1.807, 2.05) is 58.9 Å². The number of carbonyl (C=O) groups excluding carboxylic acids is 3. The minimum atomic E-state index is -1.01. The smallest absolute Gasteiger partial charge is 0.408 e. The number of amides is 3. The Kier molecular flexibility index (Phi) is 11.2. The molecule has 0 heterocycles. The van der Waals surface area contributed by atoms with E-state index in [9.17, 15) is 14.4 Å². The van der Waals surface area contributed by atoms with Gasteiger partial charge in [-0.15, -0.1) is 6.58 Å². The number of ether oxygens (including phenoxy) is 1. The molecule has 0 saturated carbocycles. The Morgan fingerprint density at radius 2 is 1.69 bits per heavy atom. The lowest BCUT2D eigenvalue weighted by Gasteiger charge is -2.34. The maximum Gasteiger partial charge on any atom is 0.408 e. The maximum absolute atomic E-state index is 14.1. The summed E-state index contributed by atoms with van der Waals surface area (Å²) in [5.74, 6) is -0.754. The largest absolute Gasteiger partial charge is 0.444 e. The predicted octanol–water partition coefficient (Wildman–Crippen LogP) is 6.90. The second kappa shape index (κ2) is 13.7. The summed E-state index contributed by atoms with van der Waals surface area (Å²) in [6.45, 7) is 18.8. The molecule has 2 rings (SSSR count). The van der Waals surface area contributed by atoms with Crippen LogP contribution < -0.4 is 10.6 Å². The molecule has 39 heavy (non-hydrogen) atoms. The minimum Gasteiger partial charge on any atom is -0.444 e. The van der Waals surface area contributed by atoms with Gasteiger partial charge in [-0.3, -0.25) is 9.59 Å². The van der Waals surface area contributed by atoms with Crippen molar-refractivity contribution in [1.82, 2.24) is 10.2 Å². The number of carbonyl (C=O) groups is 3. The van der Waals surface area contributed by atoms with E-state index < -0.39 is 35.6 Å². The highest BCUT2D eigenvalue weighted by atomic mass is 35.5. The monoisotopic (exact) mass is 555 g/mol. The Morgan fingerprint density at radius 1 is 1.08 bits per heavy atom. The number of para-hydroxylation sites is 1. The first-order valence-electron chi connectivity index (χ1n) is 13.2. The molecule has 0 saturated heterocycles. The highest BCUT2D eigenvalue weighted by molar-refractivity contribution is 6.34. The van der Waals surface area contributed by atoms with Crippen molar-refractivity contribution in [3.8, 4) is 0 Å². The Bertz CT molecular complexity index is 1160. The van der Waals surface area contributed by atoms with Crippen LogP contribution in [0.2, 0.25) is 5.02 Å². The SMILES string of the molecule is C=CCN(C(=O)C(CC(C)C)NC(=O)OC(C)(C)C)C(C(=O)Nc1c(C)cccc1Cl)c1cc(C)cc(C)c1. The summed E-state index contributed by atoms with van der Waals surface area (Å²) in [6, 6.07) is 9.21. The third kappa shape index (κ3) is 9.43. The van der Waals surface area contributed by atoms with Crippen LogP contribution in [0.3, 0.4) is 0 Å². The number of hydrogen-bond donors (Lipinski definition) is 2. The average molecular weight is 556 g/mol. The topological polar surface area (TPSA) is 87.7 Å².